The number of ether oxygens (including phenoxy) is 1. The third-order valence-corrected chi connectivity index (χ3v) is 3.11. The van der Waals surface area contributed by atoms with Crippen molar-refractivity contribution >= 4 is 37.6 Å². The molecule has 1 atom stereocenters. The lowest BCUT2D eigenvalue weighted by atomic mass is 10.3. The van der Waals surface area contributed by atoms with Crippen LogP contribution in [0.1, 0.15) is 6.92 Å². The van der Waals surface area contributed by atoms with E-state index in [9.17, 15) is 8.42 Å². The fourth-order valence-corrected chi connectivity index (χ4v) is 1.98. The smallest absolute Gasteiger partial charge is 0.264 e. The molecule has 0 spiro atoms. The van der Waals surface area contributed by atoms with Crippen molar-refractivity contribution < 1.29 is 17.3 Å². The molecule has 0 aliphatic rings. The van der Waals surface area contributed by atoms with Crippen molar-refractivity contribution in [1.82, 2.24) is 0 Å². The molecule has 0 radical (unpaired) electrons. The van der Waals surface area contributed by atoms with E-state index in [1.54, 1.807) is 25.1 Å². The largest absolute Gasteiger partial charge is 0.487 e. The normalized spacial score (nSPS) is 13.4. The highest BCUT2D eigenvalue weighted by Crippen LogP contribution is 2.28. The first kappa shape index (κ1) is 14.8. The summed E-state index contributed by atoms with van der Waals surface area (Å²) < 4.78 is 32.5. The van der Waals surface area contributed by atoms with Crippen molar-refractivity contribution in [2.45, 2.75) is 13.0 Å². The lowest BCUT2D eigenvalue weighted by Gasteiger charge is -2.15. The summed E-state index contributed by atoms with van der Waals surface area (Å²) in [5, 5.41) is 0.458. The van der Waals surface area contributed by atoms with Crippen LogP contribution in [-0.2, 0) is 14.3 Å². The molecule has 0 aliphatic carbocycles. The Balaban J connectivity index is 2.62. The summed E-state index contributed by atoms with van der Waals surface area (Å²) in [4.78, 5) is 0. The predicted molar refractivity (Wildman–Crippen MR) is 70.0 cm³/mol. The van der Waals surface area contributed by atoms with E-state index in [2.05, 4.69) is 20.1 Å². The van der Waals surface area contributed by atoms with E-state index in [0.29, 0.717) is 10.8 Å². The molecule has 0 aromatic heterocycles. The van der Waals surface area contributed by atoms with Gasteiger partial charge in [-0.15, -0.1) is 0 Å². The first-order valence-corrected chi connectivity index (χ1v) is 7.73. The standard InChI is InChI=1S/C10H12BrClO4S/c1-7(6-15-17(2,13)14)16-10-5-8(11)3-4-9(10)12/h3-5,7H,6H2,1-2H3. The minimum Gasteiger partial charge on any atom is -0.487 e. The van der Waals surface area contributed by atoms with Gasteiger partial charge in [0, 0.05) is 4.47 Å². The van der Waals surface area contributed by atoms with Gasteiger partial charge in [0.1, 0.15) is 18.5 Å². The zero-order chi connectivity index (χ0) is 13.1. The van der Waals surface area contributed by atoms with Crippen LogP contribution in [-0.4, -0.2) is 27.4 Å². The molecule has 0 saturated carbocycles. The van der Waals surface area contributed by atoms with Crippen LogP contribution in [0.4, 0.5) is 0 Å². The Morgan fingerprint density at radius 2 is 2.12 bits per heavy atom. The van der Waals surface area contributed by atoms with E-state index in [4.69, 9.17) is 16.3 Å². The van der Waals surface area contributed by atoms with Crippen LogP contribution < -0.4 is 4.74 Å². The van der Waals surface area contributed by atoms with Gasteiger partial charge in [0.2, 0.25) is 0 Å². The first-order valence-electron chi connectivity index (χ1n) is 4.74. The number of benzene rings is 1. The quantitative estimate of drug-likeness (QED) is 0.772. The van der Waals surface area contributed by atoms with Crippen molar-refractivity contribution in [3.8, 4) is 5.75 Å². The number of hydrogen-bond acceptors (Lipinski definition) is 4. The third-order valence-electron chi connectivity index (χ3n) is 1.74. The molecule has 1 rings (SSSR count). The Bertz CT molecular complexity index is 489. The SMILES string of the molecule is CC(COS(C)(=O)=O)Oc1cc(Br)ccc1Cl. The second-order valence-electron chi connectivity index (χ2n) is 3.49. The van der Waals surface area contributed by atoms with E-state index in [1.165, 1.54) is 0 Å². The van der Waals surface area contributed by atoms with Crippen LogP contribution in [0.5, 0.6) is 5.75 Å². The molecule has 1 aromatic rings. The summed E-state index contributed by atoms with van der Waals surface area (Å²) in [6, 6.07) is 5.18. The molecule has 0 amide bonds. The molecule has 0 fully saturated rings. The summed E-state index contributed by atoms with van der Waals surface area (Å²) in [6.45, 7) is 1.64. The zero-order valence-electron chi connectivity index (χ0n) is 9.31. The van der Waals surface area contributed by atoms with Crippen LogP contribution in [0.2, 0.25) is 5.02 Å². The molecule has 1 unspecified atom stereocenters. The van der Waals surface area contributed by atoms with Crippen molar-refractivity contribution in [3.05, 3.63) is 27.7 Å². The summed E-state index contributed by atoms with van der Waals surface area (Å²) in [7, 11) is -3.45. The fourth-order valence-electron chi connectivity index (χ4n) is 1.04. The summed E-state index contributed by atoms with van der Waals surface area (Å²) in [5.74, 6) is 0.477. The Kier molecular flexibility index (Phi) is 5.24. The molecular weight excluding hydrogens is 332 g/mol. The van der Waals surface area contributed by atoms with E-state index in [-0.39, 0.29) is 6.61 Å². The third kappa shape index (κ3) is 5.72. The lowest BCUT2D eigenvalue weighted by molar-refractivity contribution is 0.147. The number of hydrogen-bond donors (Lipinski definition) is 0. The molecular formula is C10H12BrClO4S. The molecule has 0 N–H and O–H groups in total. The maximum Gasteiger partial charge on any atom is 0.264 e. The van der Waals surface area contributed by atoms with Crippen molar-refractivity contribution in [1.29, 1.82) is 0 Å². The van der Waals surface area contributed by atoms with E-state index in [0.717, 1.165) is 10.7 Å². The molecule has 17 heavy (non-hydrogen) atoms. The Morgan fingerprint density at radius 1 is 1.47 bits per heavy atom. The van der Waals surface area contributed by atoms with Crippen LogP contribution >= 0.6 is 27.5 Å². The van der Waals surface area contributed by atoms with Crippen molar-refractivity contribution in [3.63, 3.8) is 0 Å². The molecule has 4 nitrogen and oxygen atoms in total. The molecule has 1 aromatic carbocycles. The average Bonchev–Trinajstić information content (AvgIpc) is 2.20. The van der Waals surface area contributed by atoms with E-state index >= 15 is 0 Å². The predicted octanol–water partition coefficient (Wildman–Crippen LogP) is 2.85. The monoisotopic (exact) mass is 342 g/mol. The summed E-state index contributed by atoms with van der Waals surface area (Å²) >= 11 is 9.22. The van der Waals surface area contributed by atoms with Crippen LogP contribution in [0.3, 0.4) is 0 Å². The van der Waals surface area contributed by atoms with Crippen LogP contribution in [0.25, 0.3) is 0 Å². The number of halogens is 2. The highest BCUT2D eigenvalue weighted by atomic mass is 79.9. The second kappa shape index (κ2) is 6.04. The van der Waals surface area contributed by atoms with Gasteiger partial charge in [-0.2, -0.15) is 8.42 Å². The van der Waals surface area contributed by atoms with Gasteiger partial charge in [0.25, 0.3) is 10.1 Å². The van der Waals surface area contributed by atoms with Gasteiger partial charge in [-0.3, -0.25) is 4.18 Å². The summed E-state index contributed by atoms with van der Waals surface area (Å²) in [5.41, 5.74) is 0. The number of rotatable bonds is 5. The van der Waals surface area contributed by atoms with Gasteiger partial charge in [-0.25, -0.2) is 0 Å². The van der Waals surface area contributed by atoms with E-state index in [1.807, 2.05) is 0 Å². The van der Waals surface area contributed by atoms with Gasteiger partial charge < -0.3 is 4.74 Å². The molecule has 0 saturated heterocycles. The van der Waals surface area contributed by atoms with Crippen molar-refractivity contribution in [2.24, 2.45) is 0 Å². The maximum atomic E-state index is 10.8. The molecule has 7 heteroatoms. The molecule has 0 heterocycles. The van der Waals surface area contributed by atoms with Crippen molar-refractivity contribution in [2.75, 3.05) is 12.9 Å². The summed E-state index contributed by atoms with van der Waals surface area (Å²) in [6.07, 6.45) is 0.572. The van der Waals surface area contributed by atoms with Gasteiger partial charge in [-0.1, -0.05) is 27.5 Å². The second-order valence-corrected chi connectivity index (χ2v) is 6.46. The zero-order valence-corrected chi connectivity index (χ0v) is 12.5. The molecule has 0 bridgehead atoms. The maximum absolute atomic E-state index is 10.8. The highest BCUT2D eigenvalue weighted by Gasteiger charge is 2.11. The average molecular weight is 344 g/mol. The topological polar surface area (TPSA) is 52.6 Å². The van der Waals surface area contributed by atoms with E-state index < -0.39 is 16.2 Å². The van der Waals surface area contributed by atoms with Gasteiger partial charge in [0.15, 0.2) is 0 Å². The lowest BCUT2D eigenvalue weighted by Crippen LogP contribution is -2.21. The highest BCUT2D eigenvalue weighted by molar-refractivity contribution is 9.10. The van der Waals surface area contributed by atoms with Gasteiger partial charge >= 0.3 is 0 Å². The Hall–Kier alpha value is -0.300. The molecule has 0 aliphatic heterocycles. The van der Waals surface area contributed by atoms with Gasteiger partial charge in [0.05, 0.1) is 11.3 Å². The minimum absolute atomic E-state index is 0.0539. The minimum atomic E-state index is -3.45. The van der Waals surface area contributed by atoms with Crippen LogP contribution in [0.15, 0.2) is 22.7 Å². The molecule has 96 valence electrons. The fraction of sp³-hybridized carbons (Fsp3) is 0.400. The van der Waals surface area contributed by atoms with Gasteiger partial charge in [-0.05, 0) is 25.1 Å². The Labute approximate surface area is 114 Å². The van der Waals surface area contributed by atoms with Crippen LogP contribution in [0, 0.1) is 0 Å². The Morgan fingerprint density at radius 3 is 2.71 bits per heavy atom. The first-order chi connectivity index (χ1) is 7.78.